The van der Waals surface area contributed by atoms with Gasteiger partial charge in [0.05, 0.1) is 11.8 Å². The molecule has 3 aliphatic rings. The molecule has 1 saturated carbocycles. The number of nitrogens with zero attached hydrogens (tertiary/aromatic N) is 2. The number of benzene rings is 2. The molecule has 0 N–H and O–H groups in total. The summed E-state index contributed by atoms with van der Waals surface area (Å²) in [6.45, 7) is 0. The zero-order chi connectivity index (χ0) is 17.7. The fraction of sp³-hybridized carbons (Fsp3) is 0.381. The predicted molar refractivity (Wildman–Crippen MR) is 108 cm³/mol. The third-order valence-electron chi connectivity index (χ3n) is 5.77. The molecule has 1 atom stereocenters. The van der Waals surface area contributed by atoms with Crippen molar-refractivity contribution in [3.05, 3.63) is 63.1 Å². The van der Waals surface area contributed by atoms with Crippen LogP contribution in [0.5, 0.6) is 5.75 Å². The third-order valence-corrected chi connectivity index (χ3v) is 6.52. The van der Waals surface area contributed by atoms with Crippen LogP contribution in [0.25, 0.3) is 0 Å². The highest BCUT2D eigenvalue weighted by Crippen LogP contribution is 2.51. The van der Waals surface area contributed by atoms with E-state index in [1.54, 1.807) is 0 Å². The first-order valence-electron chi connectivity index (χ1n) is 9.26. The Morgan fingerprint density at radius 3 is 2.62 bits per heavy atom. The molecule has 2 heterocycles. The fourth-order valence-electron chi connectivity index (χ4n) is 4.50. The first kappa shape index (κ1) is 16.6. The second-order valence-corrected chi connectivity index (χ2v) is 8.76. The molecule has 3 nitrogen and oxygen atoms in total. The lowest BCUT2D eigenvalue weighted by atomic mass is 9.86. The van der Waals surface area contributed by atoms with Gasteiger partial charge < -0.3 is 4.74 Å². The van der Waals surface area contributed by atoms with E-state index in [0.29, 0.717) is 0 Å². The minimum absolute atomic E-state index is 0.236. The van der Waals surface area contributed by atoms with Crippen molar-refractivity contribution < 1.29 is 4.74 Å². The minimum atomic E-state index is -0.294. The summed E-state index contributed by atoms with van der Waals surface area (Å²) in [7, 11) is 0. The molecule has 0 saturated heterocycles. The smallest absolute Gasteiger partial charge is 0.198 e. The summed E-state index contributed by atoms with van der Waals surface area (Å²) < 4.78 is 7.69. The van der Waals surface area contributed by atoms with Crippen molar-refractivity contribution in [2.24, 2.45) is 5.10 Å². The molecule has 5 heteroatoms. The molecular formula is C21H20BrClN2O. The van der Waals surface area contributed by atoms with Gasteiger partial charge in [-0.05, 0) is 48.7 Å². The van der Waals surface area contributed by atoms with E-state index in [1.165, 1.54) is 24.8 Å². The Kier molecular flexibility index (Phi) is 4.02. The van der Waals surface area contributed by atoms with Crippen LogP contribution in [0.15, 0.2) is 52.0 Å². The van der Waals surface area contributed by atoms with Gasteiger partial charge in [-0.3, -0.25) is 0 Å². The van der Waals surface area contributed by atoms with Gasteiger partial charge in [-0.25, -0.2) is 5.01 Å². The summed E-state index contributed by atoms with van der Waals surface area (Å²) in [5.41, 5.74) is 3.19. The Morgan fingerprint density at radius 1 is 1.08 bits per heavy atom. The Morgan fingerprint density at radius 2 is 1.85 bits per heavy atom. The van der Waals surface area contributed by atoms with Gasteiger partial charge >= 0.3 is 0 Å². The molecular weight excluding hydrogens is 412 g/mol. The predicted octanol–water partition coefficient (Wildman–Crippen LogP) is 6.31. The van der Waals surface area contributed by atoms with E-state index in [2.05, 4.69) is 51.3 Å². The maximum Gasteiger partial charge on any atom is 0.198 e. The van der Waals surface area contributed by atoms with Gasteiger partial charge in [-0.1, -0.05) is 46.1 Å². The monoisotopic (exact) mass is 430 g/mol. The Balaban J connectivity index is 1.60. The summed E-state index contributed by atoms with van der Waals surface area (Å²) in [6.07, 6.45) is 6.65. The second kappa shape index (κ2) is 6.28. The molecule has 1 spiro atoms. The van der Waals surface area contributed by atoms with E-state index in [1.807, 2.05) is 12.1 Å². The van der Waals surface area contributed by atoms with Gasteiger partial charge in [0.2, 0.25) is 0 Å². The van der Waals surface area contributed by atoms with Crippen molar-refractivity contribution >= 4 is 33.2 Å². The molecule has 2 aromatic rings. The van der Waals surface area contributed by atoms with Gasteiger partial charge in [-0.15, -0.1) is 0 Å². The molecule has 0 amide bonds. The molecule has 134 valence electrons. The lowest BCUT2D eigenvalue weighted by Crippen LogP contribution is -2.54. The highest BCUT2D eigenvalue weighted by Gasteiger charge is 2.50. The van der Waals surface area contributed by atoms with Crippen molar-refractivity contribution in [1.29, 1.82) is 0 Å². The Bertz CT molecular complexity index is 874. The summed E-state index contributed by atoms with van der Waals surface area (Å²) in [6, 6.07) is 14.6. The third kappa shape index (κ3) is 2.66. The van der Waals surface area contributed by atoms with Crippen LogP contribution < -0.4 is 4.74 Å². The average Bonchev–Trinajstić information content (AvgIpc) is 3.11. The van der Waals surface area contributed by atoms with Crippen molar-refractivity contribution in [2.45, 2.75) is 50.3 Å². The highest BCUT2D eigenvalue weighted by atomic mass is 79.9. The molecule has 0 unspecified atom stereocenters. The van der Waals surface area contributed by atoms with Crippen LogP contribution in [0.2, 0.25) is 5.02 Å². The zero-order valence-electron chi connectivity index (χ0n) is 14.4. The molecule has 26 heavy (non-hydrogen) atoms. The van der Waals surface area contributed by atoms with E-state index in [4.69, 9.17) is 21.4 Å². The van der Waals surface area contributed by atoms with Crippen LogP contribution in [0.3, 0.4) is 0 Å². The van der Waals surface area contributed by atoms with Crippen molar-refractivity contribution in [1.82, 2.24) is 5.01 Å². The van der Waals surface area contributed by atoms with Crippen LogP contribution in [0.4, 0.5) is 0 Å². The van der Waals surface area contributed by atoms with Crippen molar-refractivity contribution in [3.63, 3.8) is 0 Å². The molecule has 2 aliphatic heterocycles. The van der Waals surface area contributed by atoms with Crippen LogP contribution in [0, 0.1) is 0 Å². The van der Waals surface area contributed by atoms with Crippen LogP contribution >= 0.6 is 27.5 Å². The molecule has 2 aromatic carbocycles. The van der Waals surface area contributed by atoms with E-state index >= 15 is 0 Å². The molecule has 0 bridgehead atoms. The second-order valence-electron chi connectivity index (χ2n) is 7.41. The van der Waals surface area contributed by atoms with E-state index in [9.17, 15) is 0 Å². The largest absolute Gasteiger partial charge is 0.466 e. The first-order chi connectivity index (χ1) is 12.6. The van der Waals surface area contributed by atoms with Gasteiger partial charge in [-0.2, -0.15) is 5.10 Å². The van der Waals surface area contributed by atoms with E-state index < -0.39 is 0 Å². The summed E-state index contributed by atoms with van der Waals surface area (Å²) >= 11 is 9.68. The van der Waals surface area contributed by atoms with Gasteiger partial charge in [0.15, 0.2) is 5.72 Å². The lowest BCUT2D eigenvalue weighted by molar-refractivity contribution is -0.140. The average molecular weight is 432 g/mol. The fourth-order valence-corrected chi connectivity index (χ4v) is 5.01. The molecule has 0 radical (unpaired) electrons. The standard InChI is InChI=1S/C21H20BrClN2O/c22-15-6-9-20-17(12-15)19-13-18(14-4-7-16(23)8-5-14)24-25(19)21(26-20)10-2-1-3-11-21/h4-9,12,19H,1-3,10-11,13H2/t19-/m0/s1. The van der Waals surface area contributed by atoms with Crippen molar-refractivity contribution in [2.75, 3.05) is 0 Å². The quantitative estimate of drug-likeness (QED) is 0.529. The SMILES string of the molecule is Clc1ccc(C2=NN3[C@@H](C2)c2cc(Br)ccc2OC32CCCCC2)cc1. The lowest BCUT2D eigenvalue weighted by Gasteiger charge is -2.49. The number of fused-ring (bicyclic) bond motifs is 4. The number of halogens is 2. The maximum absolute atomic E-state index is 6.61. The van der Waals surface area contributed by atoms with Crippen LogP contribution in [-0.4, -0.2) is 16.4 Å². The van der Waals surface area contributed by atoms with Gasteiger partial charge in [0.25, 0.3) is 0 Å². The number of hydrazone groups is 1. The minimum Gasteiger partial charge on any atom is -0.466 e. The maximum atomic E-state index is 6.61. The normalized spacial score (nSPS) is 23.2. The topological polar surface area (TPSA) is 24.8 Å². The molecule has 1 aliphatic carbocycles. The Hall–Kier alpha value is -1.52. The van der Waals surface area contributed by atoms with E-state index in [-0.39, 0.29) is 11.8 Å². The number of ether oxygens (including phenoxy) is 1. The van der Waals surface area contributed by atoms with E-state index in [0.717, 1.165) is 45.8 Å². The van der Waals surface area contributed by atoms with Crippen molar-refractivity contribution in [3.8, 4) is 5.75 Å². The Labute approximate surface area is 167 Å². The summed E-state index contributed by atoms with van der Waals surface area (Å²) in [4.78, 5) is 0. The van der Waals surface area contributed by atoms with Gasteiger partial charge in [0, 0.05) is 34.3 Å². The zero-order valence-corrected chi connectivity index (χ0v) is 16.8. The number of rotatable bonds is 1. The molecule has 0 aromatic heterocycles. The molecule has 1 fully saturated rings. The highest BCUT2D eigenvalue weighted by molar-refractivity contribution is 9.10. The van der Waals surface area contributed by atoms with Crippen LogP contribution in [-0.2, 0) is 0 Å². The number of hydrogen-bond acceptors (Lipinski definition) is 3. The summed E-state index contributed by atoms with van der Waals surface area (Å²) in [5.74, 6) is 1.02. The van der Waals surface area contributed by atoms with Crippen LogP contribution in [0.1, 0.15) is 55.7 Å². The first-order valence-corrected chi connectivity index (χ1v) is 10.4. The summed E-state index contributed by atoms with van der Waals surface area (Å²) in [5, 5.41) is 8.11. The number of hydrogen-bond donors (Lipinski definition) is 0. The van der Waals surface area contributed by atoms with Gasteiger partial charge in [0.1, 0.15) is 5.75 Å². The molecule has 5 rings (SSSR count).